The molecule has 6 nitrogen and oxygen atoms in total. The molecule has 2 aliphatic carbocycles. The molecule has 1 aromatic rings. The van der Waals surface area contributed by atoms with Gasteiger partial charge in [-0.15, -0.1) is 0 Å². The first-order valence-corrected chi connectivity index (χ1v) is 9.19. The van der Waals surface area contributed by atoms with Crippen molar-refractivity contribution in [3.05, 3.63) is 6.20 Å². The molecule has 20 heavy (non-hydrogen) atoms. The molecule has 3 rings (SSSR count). The summed E-state index contributed by atoms with van der Waals surface area (Å²) in [5.74, 6) is 0. The first kappa shape index (κ1) is 14.2. The highest BCUT2D eigenvalue weighted by Crippen LogP contribution is 2.58. The molecule has 2 aliphatic rings. The summed E-state index contributed by atoms with van der Waals surface area (Å²) in [7, 11) is -3.65. The van der Waals surface area contributed by atoms with E-state index in [-0.39, 0.29) is 9.62 Å². The van der Waals surface area contributed by atoms with Crippen molar-refractivity contribution in [3.63, 3.8) is 0 Å². The molecule has 1 spiro atoms. The molecule has 0 amide bonds. The SMILES string of the molecule is CCO[C@@H]1C[C@H](Nc2ncc(S(N)(=O)=O)s2)C12CCC2. The van der Waals surface area contributed by atoms with Gasteiger partial charge in [0.05, 0.1) is 12.3 Å². The number of ether oxygens (including phenoxy) is 1. The van der Waals surface area contributed by atoms with E-state index in [0.29, 0.717) is 17.3 Å². The molecule has 0 saturated heterocycles. The standard InChI is InChI=1S/C12H19N3O3S2/c1-2-18-9-6-8(12(9)4-3-5-12)15-11-14-7-10(19-11)20(13,16)17/h7-9H,2-6H2,1H3,(H,14,15)(H2,13,16,17)/t8-,9+/m0/s1. The number of nitrogens with two attached hydrogens (primary N) is 1. The van der Waals surface area contributed by atoms with Gasteiger partial charge in [0, 0.05) is 18.1 Å². The van der Waals surface area contributed by atoms with Crippen molar-refractivity contribution >= 4 is 26.5 Å². The lowest BCUT2D eigenvalue weighted by molar-refractivity contribution is -0.157. The molecule has 1 heterocycles. The second-order valence-electron chi connectivity index (χ2n) is 5.49. The summed E-state index contributed by atoms with van der Waals surface area (Å²) in [6.45, 7) is 2.76. The van der Waals surface area contributed by atoms with Crippen molar-refractivity contribution in [2.75, 3.05) is 11.9 Å². The molecule has 2 atom stereocenters. The van der Waals surface area contributed by atoms with Crippen molar-refractivity contribution in [1.82, 2.24) is 4.98 Å². The molecule has 2 saturated carbocycles. The summed E-state index contributed by atoms with van der Waals surface area (Å²) in [6, 6.07) is 0.326. The predicted octanol–water partition coefficient (Wildman–Crippen LogP) is 1.55. The van der Waals surface area contributed by atoms with Crippen LogP contribution in [0.15, 0.2) is 10.4 Å². The Morgan fingerprint density at radius 3 is 2.85 bits per heavy atom. The molecule has 0 unspecified atom stereocenters. The maximum Gasteiger partial charge on any atom is 0.249 e. The Bertz CT molecular complexity index is 595. The van der Waals surface area contributed by atoms with Crippen molar-refractivity contribution in [1.29, 1.82) is 0 Å². The fraction of sp³-hybridized carbons (Fsp3) is 0.750. The van der Waals surface area contributed by atoms with Crippen molar-refractivity contribution in [2.45, 2.75) is 49.0 Å². The number of anilines is 1. The van der Waals surface area contributed by atoms with Crippen LogP contribution in [0.2, 0.25) is 0 Å². The number of nitrogens with one attached hydrogen (secondary N) is 1. The third-order valence-corrected chi connectivity index (χ3v) is 6.84. The van der Waals surface area contributed by atoms with Crippen LogP contribution in [0.4, 0.5) is 5.13 Å². The van der Waals surface area contributed by atoms with Crippen LogP contribution < -0.4 is 10.5 Å². The summed E-state index contributed by atoms with van der Waals surface area (Å²) in [5, 5.41) is 9.08. The molecule has 0 aliphatic heterocycles. The summed E-state index contributed by atoms with van der Waals surface area (Å²) >= 11 is 1.09. The van der Waals surface area contributed by atoms with Crippen molar-refractivity contribution in [2.24, 2.45) is 10.6 Å². The summed E-state index contributed by atoms with van der Waals surface area (Å²) in [5.41, 5.74) is 0.226. The molecular formula is C12H19N3O3S2. The van der Waals surface area contributed by atoms with Crippen molar-refractivity contribution in [3.8, 4) is 0 Å². The Hall–Kier alpha value is -0.700. The maximum absolute atomic E-state index is 11.2. The van der Waals surface area contributed by atoms with E-state index >= 15 is 0 Å². The van der Waals surface area contributed by atoms with Gasteiger partial charge in [0.25, 0.3) is 0 Å². The minimum atomic E-state index is -3.65. The van der Waals surface area contributed by atoms with Gasteiger partial charge < -0.3 is 10.1 Å². The van der Waals surface area contributed by atoms with Crippen LogP contribution in [-0.4, -0.2) is 32.2 Å². The fourth-order valence-electron chi connectivity index (χ4n) is 3.25. The molecular weight excluding hydrogens is 298 g/mol. The Morgan fingerprint density at radius 1 is 1.60 bits per heavy atom. The number of rotatable bonds is 5. The second kappa shape index (κ2) is 4.94. The lowest BCUT2D eigenvalue weighted by Crippen LogP contribution is -2.64. The number of aromatic nitrogens is 1. The largest absolute Gasteiger partial charge is 0.378 e. The zero-order valence-corrected chi connectivity index (χ0v) is 13.0. The van der Waals surface area contributed by atoms with Gasteiger partial charge in [-0.3, -0.25) is 0 Å². The minimum Gasteiger partial charge on any atom is -0.378 e. The van der Waals surface area contributed by atoms with E-state index < -0.39 is 10.0 Å². The molecule has 112 valence electrons. The van der Waals surface area contributed by atoms with Crippen LogP contribution in [0.1, 0.15) is 32.6 Å². The van der Waals surface area contributed by atoms with E-state index in [1.165, 1.54) is 25.5 Å². The number of nitrogens with zero attached hydrogens (tertiary/aromatic N) is 1. The molecule has 0 aromatic carbocycles. The van der Waals surface area contributed by atoms with Gasteiger partial charge in [-0.2, -0.15) is 0 Å². The first-order chi connectivity index (χ1) is 9.45. The lowest BCUT2D eigenvalue weighted by Gasteiger charge is -2.61. The third-order valence-electron chi connectivity index (χ3n) is 4.50. The molecule has 1 aromatic heterocycles. The molecule has 0 bridgehead atoms. The van der Waals surface area contributed by atoms with E-state index in [9.17, 15) is 8.42 Å². The van der Waals surface area contributed by atoms with Gasteiger partial charge in [-0.05, 0) is 26.2 Å². The zero-order chi connectivity index (χ0) is 14.4. The van der Waals surface area contributed by atoms with E-state index in [0.717, 1.165) is 24.4 Å². The normalized spacial score (nSPS) is 27.9. The first-order valence-electron chi connectivity index (χ1n) is 6.82. The Labute approximate surface area is 122 Å². The van der Waals surface area contributed by atoms with Crippen LogP contribution in [0.25, 0.3) is 0 Å². The van der Waals surface area contributed by atoms with Gasteiger partial charge in [-0.1, -0.05) is 17.8 Å². The molecule has 8 heteroatoms. The number of thiazole rings is 1. The van der Waals surface area contributed by atoms with Crippen LogP contribution in [0.3, 0.4) is 0 Å². The van der Waals surface area contributed by atoms with E-state index in [1.807, 2.05) is 6.92 Å². The molecule has 2 fully saturated rings. The van der Waals surface area contributed by atoms with E-state index in [4.69, 9.17) is 9.88 Å². The topological polar surface area (TPSA) is 94.3 Å². The van der Waals surface area contributed by atoms with Gasteiger partial charge in [0.2, 0.25) is 10.0 Å². The highest BCUT2D eigenvalue weighted by Gasteiger charge is 2.59. The molecule has 0 radical (unpaired) electrons. The number of sulfonamides is 1. The summed E-state index contributed by atoms with van der Waals surface area (Å²) < 4.78 is 28.4. The number of hydrogen-bond donors (Lipinski definition) is 2. The second-order valence-corrected chi connectivity index (χ2v) is 8.31. The molecule has 3 N–H and O–H groups in total. The number of primary sulfonamides is 1. The number of hydrogen-bond acceptors (Lipinski definition) is 6. The van der Waals surface area contributed by atoms with Crippen LogP contribution in [0.5, 0.6) is 0 Å². The Kier molecular flexibility index (Phi) is 3.52. The highest BCUT2D eigenvalue weighted by molar-refractivity contribution is 7.91. The van der Waals surface area contributed by atoms with E-state index in [2.05, 4.69) is 10.3 Å². The minimum absolute atomic E-state index is 0.100. The monoisotopic (exact) mass is 317 g/mol. The predicted molar refractivity (Wildman–Crippen MR) is 77.2 cm³/mol. The Morgan fingerprint density at radius 2 is 2.35 bits per heavy atom. The van der Waals surface area contributed by atoms with Gasteiger partial charge in [-0.25, -0.2) is 18.5 Å². The quantitative estimate of drug-likeness (QED) is 0.859. The summed E-state index contributed by atoms with van der Waals surface area (Å²) in [4.78, 5) is 4.11. The van der Waals surface area contributed by atoms with Gasteiger partial charge in [0.1, 0.15) is 0 Å². The zero-order valence-electron chi connectivity index (χ0n) is 11.3. The summed E-state index contributed by atoms with van der Waals surface area (Å²) in [6.07, 6.45) is 6.18. The third kappa shape index (κ3) is 2.24. The average Bonchev–Trinajstić information content (AvgIpc) is 2.73. The smallest absolute Gasteiger partial charge is 0.249 e. The van der Waals surface area contributed by atoms with Crippen LogP contribution in [-0.2, 0) is 14.8 Å². The van der Waals surface area contributed by atoms with Crippen molar-refractivity contribution < 1.29 is 13.2 Å². The Balaban J connectivity index is 1.69. The van der Waals surface area contributed by atoms with Gasteiger partial charge in [0.15, 0.2) is 9.34 Å². The van der Waals surface area contributed by atoms with Gasteiger partial charge >= 0.3 is 0 Å². The lowest BCUT2D eigenvalue weighted by atomic mass is 9.51. The average molecular weight is 317 g/mol. The maximum atomic E-state index is 11.2. The van der Waals surface area contributed by atoms with E-state index in [1.54, 1.807) is 0 Å². The van der Waals surface area contributed by atoms with Crippen LogP contribution >= 0.6 is 11.3 Å². The fourth-order valence-corrected chi connectivity index (χ4v) is 4.75. The highest BCUT2D eigenvalue weighted by atomic mass is 32.2. The van der Waals surface area contributed by atoms with Crippen LogP contribution in [0, 0.1) is 5.41 Å².